The Morgan fingerprint density at radius 3 is 2.79 bits per heavy atom. The predicted molar refractivity (Wildman–Crippen MR) is 97.9 cm³/mol. The smallest absolute Gasteiger partial charge is 0.235 e. The summed E-state index contributed by atoms with van der Waals surface area (Å²) >= 11 is 2.97. The van der Waals surface area contributed by atoms with Crippen molar-refractivity contribution in [2.75, 3.05) is 7.05 Å². The fourth-order valence-electron chi connectivity index (χ4n) is 2.28. The molecule has 2 aromatic heterocycles. The van der Waals surface area contributed by atoms with E-state index in [1.807, 2.05) is 61.8 Å². The van der Waals surface area contributed by atoms with Crippen LogP contribution in [0.3, 0.4) is 0 Å². The maximum Gasteiger partial charge on any atom is 0.235 e. The maximum absolute atomic E-state index is 12.5. The third kappa shape index (κ3) is 4.04. The van der Waals surface area contributed by atoms with Crippen LogP contribution in [0.2, 0.25) is 0 Å². The number of hydrogen-bond acceptors (Lipinski definition) is 5. The second-order valence-electron chi connectivity index (χ2n) is 5.38. The summed E-state index contributed by atoms with van der Waals surface area (Å²) in [4.78, 5) is 19.8. The number of thiophene rings is 1. The summed E-state index contributed by atoms with van der Waals surface area (Å²) in [6.07, 6.45) is 0. The molecule has 1 aromatic carbocycles. The number of rotatable bonds is 6. The van der Waals surface area contributed by atoms with Crippen molar-refractivity contribution in [3.8, 4) is 10.7 Å². The van der Waals surface area contributed by atoms with Gasteiger partial charge in [0.25, 0.3) is 0 Å². The molecule has 124 valence electrons. The average Bonchev–Trinajstić information content (AvgIpc) is 3.26. The number of carbonyl (C=O) groups excluding carboxylic acids is 1. The molecular weight excluding hydrogens is 340 g/mol. The molecule has 3 rings (SSSR count). The molecule has 24 heavy (non-hydrogen) atoms. The minimum Gasteiger partial charge on any atom is -0.340 e. The van der Waals surface area contributed by atoms with Crippen LogP contribution in [0.4, 0.5) is 0 Å². The lowest BCUT2D eigenvalue weighted by Crippen LogP contribution is -2.32. The van der Waals surface area contributed by atoms with Crippen molar-refractivity contribution in [1.82, 2.24) is 20.1 Å². The first-order valence-electron chi connectivity index (χ1n) is 7.55. The average molecular weight is 358 g/mol. The van der Waals surface area contributed by atoms with E-state index in [-0.39, 0.29) is 11.2 Å². The topological polar surface area (TPSA) is 61.9 Å². The Balaban J connectivity index is 1.60. The predicted octanol–water partition coefficient (Wildman–Crippen LogP) is 3.67. The number of benzene rings is 1. The molecule has 0 bridgehead atoms. The number of aromatic amines is 1. The SMILES string of the molecule is C[C@@H](Sc1n[nH]c(-c2cccs2)n1)C(=O)N(C)Cc1ccccc1. The van der Waals surface area contributed by atoms with Crippen LogP contribution in [-0.4, -0.2) is 38.3 Å². The second kappa shape index (κ2) is 7.63. The zero-order valence-corrected chi connectivity index (χ0v) is 15.1. The van der Waals surface area contributed by atoms with E-state index in [0.717, 1.165) is 16.3 Å². The highest BCUT2D eigenvalue weighted by Crippen LogP contribution is 2.26. The number of nitrogens with one attached hydrogen (secondary N) is 1. The largest absolute Gasteiger partial charge is 0.340 e. The van der Waals surface area contributed by atoms with Crippen molar-refractivity contribution in [1.29, 1.82) is 0 Å². The molecule has 0 radical (unpaired) electrons. The molecule has 1 N–H and O–H groups in total. The van der Waals surface area contributed by atoms with Crippen molar-refractivity contribution in [2.45, 2.75) is 23.9 Å². The molecule has 1 atom stereocenters. The number of thioether (sulfide) groups is 1. The zero-order valence-electron chi connectivity index (χ0n) is 13.5. The summed E-state index contributed by atoms with van der Waals surface area (Å²) in [5.41, 5.74) is 1.11. The molecule has 2 heterocycles. The maximum atomic E-state index is 12.5. The lowest BCUT2D eigenvalue weighted by Gasteiger charge is -2.20. The van der Waals surface area contributed by atoms with E-state index in [4.69, 9.17) is 0 Å². The van der Waals surface area contributed by atoms with Crippen LogP contribution < -0.4 is 0 Å². The van der Waals surface area contributed by atoms with E-state index in [9.17, 15) is 4.79 Å². The van der Waals surface area contributed by atoms with E-state index < -0.39 is 0 Å². The minimum absolute atomic E-state index is 0.0614. The van der Waals surface area contributed by atoms with Crippen LogP contribution in [0.15, 0.2) is 53.0 Å². The monoisotopic (exact) mass is 358 g/mol. The molecular formula is C17H18N4OS2. The summed E-state index contributed by atoms with van der Waals surface area (Å²) < 4.78 is 0. The van der Waals surface area contributed by atoms with E-state index in [0.29, 0.717) is 11.7 Å². The van der Waals surface area contributed by atoms with Gasteiger partial charge < -0.3 is 4.90 Å². The van der Waals surface area contributed by atoms with Crippen molar-refractivity contribution in [3.63, 3.8) is 0 Å². The third-order valence-corrected chi connectivity index (χ3v) is 5.31. The summed E-state index contributed by atoms with van der Waals surface area (Å²) in [5.74, 6) is 0.802. The number of amides is 1. The first kappa shape index (κ1) is 16.7. The molecule has 0 unspecified atom stereocenters. The Morgan fingerprint density at radius 1 is 1.29 bits per heavy atom. The molecule has 0 aliphatic carbocycles. The van der Waals surface area contributed by atoms with Crippen LogP contribution in [0.25, 0.3) is 10.7 Å². The van der Waals surface area contributed by atoms with E-state index in [1.165, 1.54) is 11.8 Å². The lowest BCUT2D eigenvalue weighted by atomic mass is 10.2. The molecule has 0 fully saturated rings. The van der Waals surface area contributed by atoms with Gasteiger partial charge in [-0.25, -0.2) is 4.98 Å². The lowest BCUT2D eigenvalue weighted by molar-refractivity contribution is -0.129. The van der Waals surface area contributed by atoms with Gasteiger partial charge in [-0.3, -0.25) is 9.89 Å². The van der Waals surface area contributed by atoms with Gasteiger partial charge in [-0.1, -0.05) is 48.2 Å². The first-order valence-corrected chi connectivity index (χ1v) is 9.31. The quantitative estimate of drug-likeness (QED) is 0.683. The molecule has 0 aliphatic rings. The van der Waals surface area contributed by atoms with Crippen molar-refractivity contribution in [3.05, 3.63) is 53.4 Å². The molecule has 1 amide bonds. The number of H-pyrrole nitrogens is 1. The number of hydrogen-bond donors (Lipinski definition) is 1. The van der Waals surface area contributed by atoms with Gasteiger partial charge in [0.2, 0.25) is 11.1 Å². The van der Waals surface area contributed by atoms with Crippen LogP contribution in [0.1, 0.15) is 12.5 Å². The minimum atomic E-state index is -0.245. The molecule has 0 aliphatic heterocycles. The summed E-state index contributed by atoms with van der Waals surface area (Å²) in [7, 11) is 1.82. The number of aromatic nitrogens is 3. The number of nitrogens with zero attached hydrogens (tertiary/aromatic N) is 3. The standard InChI is InChI=1S/C17H18N4OS2/c1-12(16(22)21(2)11-13-7-4-3-5-8-13)24-17-18-15(19-20-17)14-9-6-10-23-14/h3-10,12H,11H2,1-2H3,(H,18,19,20)/t12-/m1/s1. The second-order valence-corrected chi connectivity index (χ2v) is 7.64. The van der Waals surface area contributed by atoms with Gasteiger partial charge >= 0.3 is 0 Å². The molecule has 0 spiro atoms. The Bertz CT molecular complexity index is 786. The highest BCUT2D eigenvalue weighted by Gasteiger charge is 2.21. The molecule has 5 nitrogen and oxygen atoms in total. The van der Waals surface area contributed by atoms with Gasteiger partial charge in [0.1, 0.15) is 0 Å². The van der Waals surface area contributed by atoms with Crippen molar-refractivity contribution < 1.29 is 4.79 Å². The Labute approximate surface area is 149 Å². The summed E-state index contributed by atoms with van der Waals surface area (Å²) in [6.45, 7) is 2.48. The van der Waals surface area contributed by atoms with Gasteiger partial charge in [-0.15, -0.1) is 16.4 Å². The van der Waals surface area contributed by atoms with E-state index in [2.05, 4.69) is 15.2 Å². The van der Waals surface area contributed by atoms with Gasteiger partial charge in [0.15, 0.2) is 5.82 Å². The Hall–Kier alpha value is -2.12. The normalized spacial score (nSPS) is 12.1. The molecule has 7 heteroatoms. The van der Waals surface area contributed by atoms with E-state index >= 15 is 0 Å². The van der Waals surface area contributed by atoms with Crippen LogP contribution in [-0.2, 0) is 11.3 Å². The van der Waals surface area contributed by atoms with Gasteiger partial charge in [0, 0.05) is 13.6 Å². The Kier molecular flexibility index (Phi) is 5.32. The van der Waals surface area contributed by atoms with Gasteiger partial charge in [-0.05, 0) is 23.9 Å². The van der Waals surface area contributed by atoms with Crippen LogP contribution in [0, 0.1) is 0 Å². The molecule has 0 saturated heterocycles. The highest BCUT2D eigenvalue weighted by atomic mass is 32.2. The van der Waals surface area contributed by atoms with Gasteiger partial charge in [0.05, 0.1) is 10.1 Å². The molecule has 3 aromatic rings. The molecule has 0 saturated carbocycles. The van der Waals surface area contributed by atoms with Gasteiger partial charge in [-0.2, -0.15) is 0 Å². The highest BCUT2D eigenvalue weighted by molar-refractivity contribution is 8.00. The van der Waals surface area contributed by atoms with Crippen molar-refractivity contribution >= 4 is 29.0 Å². The van der Waals surface area contributed by atoms with Crippen LogP contribution >= 0.6 is 23.1 Å². The van der Waals surface area contributed by atoms with Crippen LogP contribution in [0.5, 0.6) is 0 Å². The first-order chi connectivity index (χ1) is 11.6. The fourth-order valence-corrected chi connectivity index (χ4v) is 3.78. The summed E-state index contributed by atoms with van der Waals surface area (Å²) in [6, 6.07) is 13.9. The third-order valence-electron chi connectivity index (χ3n) is 3.49. The fraction of sp³-hybridized carbons (Fsp3) is 0.235. The Morgan fingerprint density at radius 2 is 2.08 bits per heavy atom. The zero-order chi connectivity index (χ0) is 16.9. The van der Waals surface area contributed by atoms with Crippen molar-refractivity contribution in [2.24, 2.45) is 0 Å². The summed E-state index contributed by atoms with van der Waals surface area (Å²) in [5, 5.41) is 9.47. The van der Waals surface area contributed by atoms with E-state index in [1.54, 1.807) is 16.2 Å². The number of carbonyl (C=O) groups is 1.